The number of hydrogen-bond acceptors (Lipinski definition) is 2. The first-order valence-electron chi connectivity index (χ1n) is 6.80. The summed E-state index contributed by atoms with van der Waals surface area (Å²) >= 11 is 0. The molecule has 0 saturated heterocycles. The molecule has 1 aliphatic rings. The van der Waals surface area contributed by atoms with Gasteiger partial charge in [-0.1, -0.05) is 36.8 Å². The number of rotatable bonds is 5. The predicted octanol–water partition coefficient (Wildman–Crippen LogP) is 1.72. The zero-order chi connectivity index (χ0) is 12.8. The molecule has 2 atom stereocenters. The molecular formula is C15H22N2O. The molecule has 1 fully saturated rings. The lowest BCUT2D eigenvalue weighted by Gasteiger charge is -2.18. The standard InChI is InChI=1S/C15H22N2O/c16-10-13-7-4-8-14(13)11-17-15(18)9-12-5-2-1-3-6-12/h1-3,5-6,13-14H,4,7-11,16H2,(H,17,18). The van der Waals surface area contributed by atoms with Crippen molar-refractivity contribution in [2.24, 2.45) is 17.6 Å². The van der Waals surface area contributed by atoms with Crippen LogP contribution in [0.4, 0.5) is 0 Å². The van der Waals surface area contributed by atoms with Gasteiger partial charge in [-0.25, -0.2) is 0 Å². The van der Waals surface area contributed by atoms with Crippen molar-refractivity contribution < 1.29 is 4.79 Å². The van der Waals surface area contributed by atoms with E-state index in [9.17, 15) is 4.79 Å². The molecule has 0 heterocycles. The van der Waals surface area contributed by atoms with Gasteiger partial charge in [-0.15, -0.1) is 0 Å². The summed E-state index contributed by atoms with van der Waals surface area (Å²) < 4.78 is 0. The van der Waals surface area contributed by atoms with Crippen molar-refractivity contribution in [3.8, 4) is 0 Å². The monoisotopic (exact) mass is 246 g/mol. The second-order valence-electron chi connectivity index (χ2n) is 5.15. The SMILES string of the molecule is NCC1CCCC1CNC(=O)Cc1ccccc1. The van der Waals surface area contributed by atoms with Crippen LogP contribution in [0.25, 0.3) is 0 Å². The van der Waals surface area contributed by atoms with Crippen LogP contribution in [0, 0.1) is 11.8 Å². The Morgan fingerprint density at radius 2 is 1.94 bits per heavy atom. The van der Waals surface area contributed by atoms with Crippen molar-refractivity contribution in [3.63, 3.8) is 0 Å². The summed E-state index contributed by atoms with van der Waals surface area (Å²) in [7, 11) is 0. The maximum absolute atomic E-state index is 11.8. The first-order chi connectivity index (χ1) is 8.79. The number of carbonyl (C=O) groups is 1. The van der Waals surface area contributed by atoms with Gasteiger partial charge in [-0.05, 0) is 36.8 Å². The number of nitrogens with one attached hydrogen (secondary N) is 1. The molecular weight excluding hydrogens is 224 g/mol. The Bertz CT molecular complexity index is 377. The Morgan fingerprint density at radius 3 is 2.67 bits per heavy atom. The molecule has 2 rings (SSSR count). The van der Waals surface area contributed by atoms with E-state index < -0.39 is 0 Å². The molecule has 1 saturated carbocycles. The van der Waals surface area contributed by atoms with Crippen molar-refractivity contribution in [1.82, 2.24) is 5.32 Å². The zero-order valence-electron chi connectivity index (χ0n) is 10.8. The van der Waals surface area contributed by atoms with Crippen molar-refractivity contribution in [2.45, 2.75) is 25.7 Å². The van der Waals surface area contributed by atoms with E-state index in [-0.39, 0.29) is 5.91 Å². The number of benzene rings is 1. The van der Waals surface area contributed by atoms with E-state index in [4.69, 9.17) is 5.73 Å². The van der Waals surface area contributed by atoms with Crippen molar-refractivity contribution in [3.05, 3.63) is 35.9 Å². The van der Waals surface area contributed by atoms with Gasteiger partial charge < -0.3 is 11.1 Å². The van der Waals surface area contributed by atoms with Crippen LogP contribution >= 0.6 is 0 Å². The summed E-state index contributed by atoms with van der Waals surface area (Å²) in [6.45, 7) is 1.53. The predicted molar refractivity (Wildman–Crippen MR) is 73.0 cm³/mol. The number of hydrogen-bond donors (Lipinski definition) is 2. The molecule has 3 N–H and O–H groups in total. The highest BCUT2D eigenvalue weighted by Gasteiger charge is 2.25. The lowest BCUT2D eigenvalue weighted by Crippen LogP contribution is -2.33. The third-order valence-electron chi connectivity index (χ3n) is 3.89. The molecule has 1 aromatic carbocycles. The fourth-order valence-corrected chi connectivity index (χ4v) is 2.78. The average molecular weight is 246 g/mol. The Balaban J connectivity index is 1.75. The third kappa shape index (κ3) is 3.57. The molecule has 1 amide bonds. The highest BCUT2D eigenvalue weighted by Crippen LogP contribution is 2.30. The van der Waals surface area contributed by atoms with Gasteiger partial charge in [0.1, 0.15) is 0 Å². The van der Waals surface area contributed by atoms with Gasteiger partial charge in [0.25, 0.3) is 0 Å². The van der Waals surface area contributed by atoms with E-state index in [0.29, 0.717) is 18.3 Å². The molecule has 0 spiro atoms. The number of nitrogens with two attached hydrogens (primary N) is 1. The van der Waals surface area contributed by atoms with Gasteiger partial charge >= 0.3 is 0 Å². The van der Waals surface area contributed by atoms with Crippen LogP contribution in [0.15, 0.2) is 30.3 Å². The molecule has 0 bridgehead atoms. The Hall–Kier alpha value is -1.35. The summed E-state index contributed by atoms with van der Waals surface area (Å²) in [5.41, 5.74) is 6.81. The van der Waals surface area contributed by atoms with Crippen LogP contribution in [-0.2, 0) is 11.2 Å². The minimum Gasteiger partial charge on any atom is -0.356 e. The van der Waals surface area contributed by atoms with Gasteiger partial charge in [0.2, 0.25) is 5.91 Å². The Labute approximate surface area is 109 Å². The summed E-state index contributed by atoms with van der Waals surface area (Å²) in [6, 6.07) is 9.86. The van der Waals surface area contributed by atoms with Gasteiger partial charge in [0.05, 0.1) is 6.42 Å². The van der Waals surface area contributed by atoms with Crippen molar-refractivity contribution in [2.75, 3.05) is 13.1 Å². The molecule has 98 valence electrons. The fourth-order valence-electron chi connectivity index (χ4n) is 2.78. The van der Waals surface area contributed by atoms with Crippen LogP contribution in [0.1, 0.15) is 24.8 Å². The molecule has 3 nitrogen and oxygen atoms in total. The molecule has 0 aromatic heterocycles. The van der Waals surface area contributed by atoms with Crippen LogP contribution < -0.4 is 11.1 Å². The smallest absolute Gasteiger partial charge is 0.224 e. The van der Waals surface area contributed by atoms with Gasteiger partial charge in [0.15, 0.2) is 0 Å². The number of amides is 1. The second kappa shape index (κ2) is 6.55. The minimum atomic E-state index is 0.115. The Morgan fingerprint density at radius 1 is 1.22 bits per heavy atom. The van der Waals surface area contributed by atoms with Crippen LogP contribution in [0.5, 0.6) is 0 Å². The van der Waals surface area contributed by atoms with Gasteiger partial charge in [-0.3, -0.25) is 4.79 Å². The highest BCUT2D eigenvalue weighted by atomic mass is 16.1. The van der Waals surface area contributed by atoms with E-state index in [1.807, 2.05) is 30.3 Å². The van der Waals surface area contributed by atoms with E-state index in [2.05, 4.69) is 5.32 Å². The van der Waals surface area contributed by atoms with Gasteiger partial charge in [0, 0.05) is 6.54 Å². The van der Waals surface area contributed by atoms with Crippen molar-refractivity contribution >= 4 is 5.91 Å². The molecule has 2 unspecified atom stereocenters. The summed E-state index contributed by atoms with van der Waals surface area (Å²) in [6.07, 6.45) is 4.14. The molecule has 18 heavy (non-hydrogen) atoms. The molecule has 0 radical (unpaired) electrons. The lowest BCUT2D eigenvalue weighted by molar-refractivity contribution is -0.120. The maximum atomic E-state index is 11.8. The number of carbonyl (C=O) groups excluding carboxylic acids is 1. The fraction of sp³-hybridized carbons (Fsp3) is 0.533. The molecule has 1 aromatic rings. The third-order valence-corrected chi connectivity index (χ3v) is 3.89. The van der Waals surface area contributed by atoms with E-state index in [1.54, 1.807) is 0 Å². The van der Waals surface area contributed by atoms with E-state index >= 15 is 0 Å². The quantitative estimate of drug-likeness (QED) is 0.831. The van der Waals surface area contributed by atoms with Gasteiger partial charge in [-0.2, -0.15) is 0 Å². The highest BCUT2D eigenvalue weighted by molar-refractivity contribution is 5.78. The van der Waals surface area contributed by atoms with Crippen LogP contribution in [0.3, 0.4) is 0 Å². The first-order valence-corrected chi connectivity index (χ1v) is 6.80. The lowest BCUT2D eigenvalue weighted by atomic mass is 9.96. The zero-order valence-corrected chi connectivity index (χ0v) is 10.8. The van der Waals surface area contributed by atoms with E-state index in [0.717, 1.165) is 18.7 Å². The topological polar surface area (TPSA) is 55.1 Å². The van der Waals surface area contributed by atoms with E-state index in [1.165, 1.54) is 19.3 Å². The summed E-state index contributed by atoms with van der Waals surface area (Å²) in [5.74, 6) is 1.29. The summed E-state index contributed by atoms with van der Waals surface area (Å²) in [4.78, 5) is 11.8. The normalized spacial score (nSPS) is 22.9. The van der Waals surface area contributed by atoms with Crippen molar-refractivity contribution in [1.29, 1.82) is 0 Å². The summed E-state index contributed by atoms with van der Waals surface area (Å²) in [5, 5.41) is 3.04. The van der Waals surface area contributed by atoms with Crippen LogP contribution in [0.2, 0.25) is 0 Å². The Kier molecular flexibility index (Phi) is 4.76. The largest absolute Gasteiger partial charge is 0.356 e. The molecule has 1 aliphatic carbocycles. The first kappa shape index (κ1) is 13.1. The second-order valence-corrected chi connectivity index (χ2v) is 5.15. The molecule has 3 heteroatoms. The van der Waals surface area contributed by atoms with Crippen LogP contribution in [-0.4, -0.2) is 19.0 Å². The average Bonchev–Trinajstić information content (AvgIpc) is 2.85. The minimum absolute atomic E-state index is 0.115. The molecule has 0 aliphatic heterocycles. The maximum Gasteiger partial charge on any atom is 0.224 e.